The molecular formula is C10H16BrF3O2. The summed E-state index contributed by atoms with van der Waals surface area (Å²) in [6, 6.07) is 0. The third-order valence-electron chi connectivity index (χ3n) is 2.48. The minimum atomic E-state index is -4.08. The number of hydrogen-bond donors (Lipinski definition) is 0. The van der Waals surface area contributed by atoms with Crippen LogP contribution in [0.4, 0.5) is 13.2 Å². The van der Waals surface area contributed by atoms with E-state index >= 15 is 0 Å². The van der Waals surface area contributed by atoms with E-state index in [1.807, 2.05) is 6.92 Å². The van der Waals surface area contributed by atoms with Gasteiger partial charge in [0.05, 0.1) is 12.2 Å². The Balaban J connectivity index is 2.10. The Morgan fingerprint density at radius 3 is 2.50 bits per heavy atom. The average Bonchev–Trinajstić information content (AvgIpc) is 2.17. The van der Waals surface area contributed by atoms with Gasteiger partial charge in [0.15, 0.2) is 0 Å². The third-order valence-corrected chi connectivity index (χ3v) is 3.37. The highest BCUT2D eigenvalue weighted by atomic mass is 79.9. The van der Waals surface area contributed by atoms with E-state index in [2.05, 4.69) is 15.9 Å². The van der Waals surface area contributed by atoms with Crippen molar-refractivity contribution in [2.45, 2.75) is 49.4 Å². The van der Waals surface area contributed by atoms with Gasteiger partial charge in [-0.3, -0.25) is 0 Å². The predicted octanol–water partition coefficient (Wildman–Crippen LogP) is 3.29. The first-order chi connectivity index (χ1) is 7.44. The summed E-state index contributed by atoms with van der Waals surface area (Å²) in [5.74, 6) is 0. The molecule has 16 heavy (non-hydrogen) atoms. The van der Waals surface area contributed by atoms with Crippen LogP contribution in [0.1, 0.15) is 26.2 Å². The Morgan fingerprint density at radius 2 is 2.00 bits per heavy atom. The van der Waals surface area contributed by atoms with Crippen LogP contribution < -0.4 is 0 Å². The quantitative estimate of drug-likeness (QED) is 0.554. The van der Waals surface area contributed by atoms with Gasteiger partial charge in [-0.2, -0.15) is 13.2 Å². The lowest BCUT2D eigenvalue weighted by molar-refractivity contribution is -0.147. The van der Waals surface area contributed by atoms with E-state index in [0.29, 0.717) is 6.61 Å². The standard InChI is InChI=1S/C10H16BrF3O2/c1-2-15-9-7(11)6-8(9)16-5-3-4-10(12,13)14/h7-9H,2-6H2,1H3. The van der Waals surface area contributed by atoms with Crippen LogP contribution in [0.25, 0.3) is 0 Å². The number of alkyl halides is 4. The molecule has 6 heteroatoms. The van der Waals surface area contributed by atoms with Crippen molar-refractivity contribution in [3.63, 3.8) is 0 Å². The maximum absolute atomic E-state index is 11.8. The molecule has 0 spiro atoms. The second kappa shape index (κ2) is 6.21. The van der Waals surface area contributed by atoms with Gasteiger partial charge in [-0.1, -0.05) is 15.9 Å². The topological polar surface area (TPSA) is 18.5 Å². The SMILES string of the molecule is CCOC1C(Br)CC1OCCCC(F)(F)F. The van der Waals surface area contributed by atoms with Gasteiger partial charge in [-0.15, -0.1) is 0 Å². The molecule has 1 rings (SSSR count). The fraction of sp³-hybridized carbons (Fsp3) is 1.00. The number of halogens is 4. The summed E-state index contributed by atoms with van der Waals surface area (Å²) < 4.78 is 46.3. The first-order valence-corrected chi connectivity index (χ1v) is 6.29. The largest absolute Gasteiger partial charge is 0.389 e. The molecule has 0 bridgehead atoms. The monoisotopic (exact) mass is 304 g/mol. The van der Waals surface area contributed by atoms with Gasteiger partial charge in [0.2, 0.25) is 0 Å². The van der Waals surface area contributed by atoms with Crippen LogP contribution in [0.3, 0.4) is 0 Å². The number of ether oxygens (including phenoxy) is 2. The maximum atomic E-state index is 11.8. The highest BCUT2D eigenvalue weighted by molar-refractivity contribution is 9.09. The van der Waals surface area contributed by atoms with Crippen LogP contribution in [0.2, 0.25) is 0 Å². The van der Waals surface area contributed by atoms with Crippen molar-refractivity contribution in [1.82, 2.24) is 0 Å². The van der Waals surface area contributed by atoms with Crippen molar-refractivity contribution in [3.05, 3.63) is 0 Å². The Labute approximate surface area is 102 Å². The van der Waals surface area contributed by atoms with Gasteiger partial charge < -0.3 is 9.47 Å². The number of hydrogen-bond acceptors (Lipinski definition) is 2. The molecule has 1 saturated carbocycles. The van der Waals surface area contributed by atoms with E-state index in [-0.39, 0.29) is 30.1 Å². The minimum absolute atomic E-state index is 0.0177. The maximum Gasteiger partial charge on any atom is 0.389 e. The van der Waals surface area contributed by atoms with E-state index < -0.39 is 12.6 Å². The van der Waals surface area contributed by atoms with E-state index in [9.17, 15) is 13.2 Å². The van der Waals surface area contributed by atoms with Crippen molar-refractivity contribution in [3.8, 4) is 0 Å². The summed E-state index contributed by atoms with van der Waals surface area (Å²) in [4.78, 5) is 0.264. The molecule has 0 radical (unpaired) electrons. The zero-order chi connectivity index (χ0) is 12.2. The second-order valence-corrected chi connectivity index (χ2v) is 4.98. The van der Waals surface area contributed by atoms with Gasteiger partial charge in [-0.25, -0.2) is 0 Å². The number of rotatable bonds is 6. The molecule has 0 saturated heterocycles. The normalized spacial score (nSPS) is 30.2. The Morgan fingerprint density at radius 1 is 1.31 bits per heavy atom. The van der Waals surface area contributed by atoms with Crippen LogP contribution in [0, 0.1) is 0 Å². The van der Waals surface area contributed by atoms with E-state index in [4.69, 9.17) is 9.47 Å². The molecule has 0 amide bonds. The van der Waals surface area contributed by atoms with E-state index in [0.717, 1.165) is 6.42 Å². The average molecular weight is 305 g/mol. The van der Waals surface area contributed by atoms with Gasteiger partial charge in [0.25, 0.3) is 0 Å². The summed E-state index contributed by atoms with van der Waals surface area (Å²) in [5.41, 5.74) is 0. The Kier molecular flexibility index (Phi) is 5.53. The summed E-state index contributed by atoms with van der Waals surface area (Å²) >= 11 is 3.42. The minimum Gasteiger partial charge on any atom is -0.375 e. The summed E-state index contributed by atoms with van der Waals surface area (Å²) in [7, 11) is 0. The van der Waals surface area contributed by atoms with Gasteiger partial charge in [0, 0.05) is 24.5 Å². The first kappa shape index (κ1) is 14.3. The molecule has 1 aliphatic carbocycles. The van der Waals surface area contributed by atoms with E-state index in [1.165, 1.54) is 0 Å². The summed E-state index contributed by atoms with van der Waals surface area (Å²) in [6.07, 6.45) is -4.12. The molecule has 3 unspecified atom stereocenters. The molecule has 96 valence electrons. The fourth-order valence-corrected chi connectivity index (χ4v) is 2.46. The molecule has 0 heterocycles. The zero-order valence-corrected chi connectivity index (χ0v) is 10.7. The lowest BCUT2D eigenvalue weighted by Crippen LogP contribution is -2.50. The predicted molar refractivity (Wildman–Crippen MR) is 57.8 cm³/mol. The highest BCUT2D eigenvalue weighted by Gasteiger charge is 2.41. The third kappa shape index (κ3) is 4.59. The molecule has 0 aliphatic heterocycles. The van der Waals surface area contributed by atoms with Gasteiger partial charge in [-0.05, 0) is 19.8 Å². The first-order valence-electron chi connectivity index (χ1n) is 5.38. The molecule has 0 aromatic rings. The Hall–Kier alpha value is 0.190. The lowest BCUT2D eigenvalue weighted by Gasteiger charge is -2.40. The van der Waals surface area contributed by atoms with Crippen LogP contribution in [0.5, 0.6) is 0 Å². The molecular weight excluding hydrogens is 289 g/mol. The van der Waals surface area contributed by atoms with Crippen molar-refractivity contribution in [2.75, 3.05) is 13.2 Å². The van der Waals surface area contributed by atoms with Crippen LogP contribution >= 0.6 is 15.9 Å². The zero-order valence-electron chi connectivity index (χ0n) is 9.10. The summed E-state index contributed by atoms with van der Waals surface area (Å²) in [6.45, 7) is 2.63. The molecule has 0 aromatic carbocycles. The van der Waals surface area contributed by atoms with E-state index in [1.54, 1.807) is 0 Å². The van der Waals surface area contributed by atoms with Gasteiger partial charge in [0.1, 0.15) is 0 Å². The fourth-order valence-electron chi connectivity index (χ4n) is 1.60. The second-order valence-electron chi connectivity index (χ2n) is 3.80. The van der Waals surface area contributed by atoms with Crippen LogP contribution in [0.15, 0.2) is 0 Å². The molecule has 0 N–H and O–H groups in total. The van der Waals surface area contributed by atoms with Crippen molar-refractivity contribution < 1.29 is 22.6 Å². The Bertz CT molecular complexity index is 211. The van der Waals surface area contributed by atoms with Gasteiger partial charge >= 0.3 is 6.18 Å². The van der Waals surface area contributed by atoms with Crippen LogP contribution in [-0.2, 0) is 9.47 Å². The molecule has 3 atom stereocenters. The van der Waals surface area contributed by atoms with Crippen molar-refractivity contribution in [2.24, 2.45) is 0 Å². The highest BCUT2D eigenvalue weighted by Crippen LogP contribution is 2.33. The van der Waals surface area contributed by atoms with Crippen molar-refractivity contribution in [1.29, 1.82) is 0 Å². The smallest absolute Gasteiger partial charge is 0.375 e. The molecule has 1 fully saturated rings. The summed E-state index contributed by atoms with van der Waals surface area (Å²) in [5, 5.41) is 0. The molecule has 1 aliphatic rings. The molecule has 0 aromatic heterocycles. The lowest BCUT2D eigenvalue weighted by atomic mass is 9.91. The van der Waals surface area contributed by atoms with Crippen molar-refractivity contribution >= 4 is 15.9 Å². The van der Waals surface area contributed by atoms with Crippen LogP contribution in [-0.4, -0.2) is 36.4 Å². The molecule has 2 nitrogen and oxygen atoms in total.